The van der Waals surface area contributed by atoms with E-state index in [4.69, 9.17) is 4.74 Å². The van der Waals surface area contributed by atoms with Crippen LogP contribution in [0.25, 0.3) is 0 Å². The Balaban J connectivity index is 2.32. The van der Waals surface area contributed by atoms with Crippen molar-refractivity contribution in [1.29, 1.82) is 0 Å². The van der Waals surface area contributed by atoms with E-state index in [1.807, 2.05) is 26.0 Å². The molecule has 0 radical (unpaired) electrons. The maximum absolute atomic E-state index is 11.6. The highest BCUT2D eigenvalue weighted by Gasteiger charge is 2.25. The van der Waals surface area contributed by atoms with Crippen molar-refractivity contribution in [3.05, 3.63) is 29.8 Å². The zero-order valence-corrected chi connectivity index (χ0v) is 12.2. The maximum atomic E-state index is 11.6. The van der Waals surface area contributed by atoms with Crippen LogP contribution in [-0.4, -0.2) is 33.2 Å². The van der Waals surface area contributed by atoms with E-state index in [0.717, 1.165) is 18.7 Å². The van der Waals surface area contributed by atoms with Gasteiger partial charge in [0.15, 0.2) is 0 Å². The summed E-state index contributed by atoms with van der Waals surface area (Å²) in [7, 11) is 3.33. The fraction of sp³-hybridized carbons (Fsp3) is 0.533. The van der Waals surface area contributed by atoms with Crippen LogP contribution >= 0.6 is 0 Å². The summed E-state index contributed by atoms with van der Waals surface area (Å²) in [6.45, 7) is 5.40. The van der Waals surface area contributed by atoms with Gasteiger partial charge in [-0.2, -0.15) is 0 Å². The van der Waals surface area contributed by atoms with Gasteiger partial charge in [0.1, 0.15) is 5.75 Å². The van der Waals surface area contributed by atoms with Gasteiger partial charge in [0, 0.05) is 13.6 Å². The van der Waals surface area contributed by atoms with Crippen LogP contribution in [0.2, 0.25) is 0 Å². The predicted molar refractivity (Wildman–Crippen MR) is 77.4 cm³/mol. The van der Waals surface area contributed by atoms with Crippen LogP contribution in [0.15, 0.2) is 24.3 Å². The number of hydrogen-bond donors (Lipinski definition) is 2. The maximum Gasteiger partial charge on any atom is 0.226 e. The second-order valence-corrected chi connectivity index (χ2v) is 5.24. The summed E-state index contributed by atoms with van der Waals surface area (Å²) in [6, 6.07) is 8.04. The lowest BCUT2D eigenvalue weighted by Crippen LogP contribution is -2.42. The molecule has 0 atom stereocenters. The summed E-state index contributed by atoms with van der Waals surface area (Å²) < 4.78 is 5.12. The lowest BCUT2D eigenvalue weighted by Gasteiger charge is -2.22. The topological polar surface area (TPSA) is 50.4 Å². The fourth-order valence-electron chi connectivity index (χ4n) is 1.84. The van der Waals surface area contributed by atoms with Gasteiger partial charge in [-0.25, -0.2) is 0 Å². The second-order valence-electron chi connectivity index (χ2n) is 5.24. The Morgan fingerprint density at radius 3 is 2.42 bits per heavy atom. The van der Waals surface area contributed by atoms with Crippen LogP contribution in [0.5, 0.6) is 5.75 Å². The third kappa shape index (κ3) is 4.91. The average molecular weight is 264 g/mol. The van der Waals surface area contributed by atoms with E-state index in [1.54, 1.807) is 14.2 Å². The van der Waals surface area contributed by atoms with Crippen LogP contribution in [0.4, 0.5) is 0 Å². The molecule has 1 aromatic carbocycles. The lowest BCUT2D eigenvalue weighted by atomic mass is 9.92. The normalized spacial score (nSPS) is 11.2. The van der Waals surface area contributed by atoms with Gasteiger partial charge in [0.2, 0.25) is 5.91 Å². The summed E-state index contributed by atoms with van der Waals surface area (Å²) in [4.78, 5) is 11.6. The summed E-state index contributed by atoms with van der Waals surface area (Å²) in [5.41, 5.74) is 0.875. The standard InChI is InChI=1S/C15H24N2O2/c1-15(2,14(18)16-3)11-17-10-9-12-5-7-13(19-4)8-6-12/h5-8,17H,9-11H2,1-4H3,(H,16,18). The molecular formula is C15H24N2O2. The zero-order chi connectivity index (χ0) is 14.3. The molecule has 0 fully saturated rings. The molecule has 0 saturated carbocycles. The number of nitrogens with one attached hydrogen (secondary N) is 2. The minimum Gasteiger partial charge on any atom is -0.497 e. The first-order valence-corrected chi connectivity index (χ1v) is 6.55. The van der Waals surface area contributed by atoms with Gasteiger partial charge in [-0.1, -0.05) is 12.1 Å². The molecule has 1 aromatic rings. The van der Waals surface area contributed by atoms with Crippen LogP contribution in [0.1, 0.15) is 19.4 Å². The minimum absolute atomic E-state index is 0.0597. The Bertz CT molecular complexity index is 399. The number of ether oxygens (including phenoxy) is 1. The van der Waals surface area contributed by atoms with Crippen molar-refractivity contribution >= 4 is 5.91 Å². The Morgan fingerprint density at radius 1 is 1.26 bits per heavy atom. The van der Waals surface area contributed by atoms with E-state index >= 15 is 0 Å². The first kappa shape index (κ1) is 15.5. The Hall–Kier alpha value is -1.55. The monoisotopic (exact) mass is 264 g/mol. The Kier molecular flexibility index (Phi) is 5.83. The van der Waals surface area contributed by atoms with E-state index in [-0.39, 0.29) is 11.3 Å². The van der Waals surface area contributed by atoms with Crippen molar-refractivity contribution in [3.63, 3.8) is 0 Å². The summed E-state index contributed by atoms with van der Waals surface area (Å²) >= 11 is 0. The number of hydrogen-bond acceptors (Lipinski definition) is 3. The molecule has 4 nitrogen and oxygen atoms in total. The first-order chi connectivity index (χ1) is 8.99. The van der Waals surface area contributed by atoms with Gasteiger partial charge in [0.25, 0.3) is 0 Å². The molecule has 4 heteroatoms. The van der Waals surface area contributed by atoms with Crippen LogP contribution < -0.4 is 15.4 Å². The van der Waals surface area contributed by atoms with Gasteiger partial charge in [-0.15, -0.1) is 0 Å². The molecule has 0 aliphatic rings. The molecule has 0 heterocycles. The third-order valence-electron chi connectivity index (χ3n) is 3.16. The smallest absolute Gasteiger partial charge is 0.226 e. The van der Waals surface area contributed by atoms with E-state index in [9.17, 15) is 4.79 Å². The largest absolute Gasteiger partial charge is 0.497 e. The molecule has 1 amide bonds. The highest BCUT2D eigenvalue weighted by Crippen LogP contribution is 2.14. The van der Waals surface area contributed by atoms with E-state index in [1.165, 1.54) is 5.56 Å². The molecule has 0 spiro atoms. The summed E-state index contributed by atoms with van der Waals surface area (Å²) in [6.07, 6.45) is 0.938. The number of amides is 1. The van der Waals surface area contributed by atoms with Gasteiger partial charge in [-0.3, -0.25) is 4.79 Å². The lowest BCUT2D eigenvalue weighted by molar-refractivity contribution is -0.128. The van der Waals surface area contributed by atoms with Crippen molar-refractivity contribution in [3.8, 4) is 5.75 Å². The third-order valence-corrected chi connectivity index (χ3v) is 3.16. The summed E-state index contributed by atoms with van der Waals surface area (Å²) in [5, 5.41) is 6.01. The van der Waals surface area contributed by atoms with E-state index < -0.39 is 0 Å². The number of methoxy groups -OCH3 is 1. The van der Waals surface area contributed by atoms with E-state index in [0.29, 0.717) is 6.54 Å². The molecular weight excluding hydrogens is 240 g/mol. The second kappa shape index (κ2) is 7.14. The van der Waals surface area contributed by atoms with Crippen molar-refractivity contribution in [1.82, 2.24) is 10.6 Å². The molecule has 106 valence electrons. The van der Waals surface area contributed by atoms with Crippen LogP contribution in [0.3, 0.4) is 0 Å². The molecule has 0 unspecified atom stereocenters. The van der Waals surface area contributed by atoms with Crippen molar-refractivity contribution in [2.24, 2.45) is 5.41 Å². The van der Waals surface area contributed by atoms with Crippen molar-refractivity contribution < 1.29 is 9.53 Å². The molecule has 0 aromatic heterocycles. The molecule has 0 aliphatic heterocycles. The fourth-order valence-corrected chi connectivity index (χ4v) is 1.84. The molecule has 19 heavy (non-hydrogen) atoms. The number of carbonyl (C=O) groups is 1. The SMILES string of the molecule is CNC(=O)C(C)(C)CNCCc1ccc(OC)cc1. The van der Waals surface area contributed by atoms with E-state index in [2.05, 4.69) is 22.8 Å². The number of carbonyl (C=O) groups excluding carboxylic acids is 1. The quantitative estimate of drug-likeness (QED) is 0.736. The Morgan fingerprint density at radius 2 is 1.89 bits per heavy atom. The van der Waals surface area contributed by atoms with Gasteiger partial charge < -0.3 is 15.4 Å². The van der Waals surface area contributed by atoms with Crippen molar-refractivity contribution in [2.75, 3.05) is 27.2 Å². The summed E-state index contributed by atoms with van der Waals surface area (Å²) in [5.74, 6) is 0.932. The highest BCUT2D eigenvalue weighted by atomic mass is 16.5. The highest BCUT2D eigenvalue weighted by molar-refractivity contribution is 5.81. The number of rotatable bonds is 7. The minimum atomic E-state index is -0.380. The first-order valence-electron chi connectivity index (χ1n) is 6.55. The average Bonchev–Trinajstić information content (AvgIpc) is 2.43. The predicted octanol–water partition coefficient (Wildman–Crippen LogP) is 1.60. The molecule has 0 bridgehead atoms. The van der Waals surface area contributed by atoms with Gasteiger partial charge >= 0.3 is 0 Å². The number of benzene rings is 1. The molecule has 2 N–H and O–H groups in total. The zero-order valence-electron chi connectivity index (χ0n) is 12.2. The van der Waals surface area contributed by atoms with Gasteiger partial charge in [0.05, 0.1) is 12.5 Å². The Labute approximate surface area is 115 Å². The van der Waals surface area contributed by atoms with Crippen molar-refractivity contribution in [2.45, 2.75) is 20.3 Å². The van der Waals surface area contributed by atoms with Crippen LogP contribution in [-0.2, 0) is 11.2 Å². The van der Waals surface area contributed by atoms with Crippen LogP contribution in [0, 0.1) is 5.41 Å². The van der Waals surface area contributed by atoms with Gasteiger partial charge in [-0.05, 0) is 44.5 Å². The molecule has 1 rings (SSSR count). The molecule has 0 saturated heterocycles. The molecule has 0 aliphatic carbocycles.